The van der Waals surface area contributed by atoms with Crippen molar-refractivity contribution in [2.24, 2.45) is 29.8 Å². The number of benzene rings is 2. The molecule has 0 radical (unpaired) electrons. The fourth-order valence-electron chi connectivity index (χ4n) is 5.58. The minimum absolute atomic E-state index is 0.00451. The molecule has 0 N–H and O–H groups in total. The second-order valence-corrected chi connectivity index (χ2v) is 13.4. The summed E-state index contributed by atoms with van der Waals surface area (Å²) in [5.74, 6) is 1.49. The molecule has 0 aliphatic carbocycles. The fourth-order valence-corrected chi connectivity index (χ4v) is 5.58. The van der Waals surface area contributed by atoms with Crippen LogP contribution < -0.4 is 9.38 Å². The summed E-state index contributed by atoms with van der Waals surface area (Å²) in [6.07, 6.45) is 2.51. The van der Waals surface area contributed by atoms with Crippen molar-refractivity contribution in [3.05, 3.63) is 87.6 Å². The van der Waals surface area contributed by atoms with E-state index < -0.39 is 0 Å². The number of aryl methyl sites for hydroxylation is 4. The van der Waals surface area contributed by atoms with E-state index in [1.54, 1.807) is 0 Å². The molecule has 0 fully saturated rings. The Labute approximate surface area is 238 Å². The Bertz CT molecular complexity index is 1340. The molecule has 0 amide bonds. The molecule has 0 bridgehead atoms. The molecule has 1 heterocycles. The van der Waals surface area contributed by atoms with Crippen LogP contribution in [0.1, 0.15) is 86.9 Å². The zero-order valence-corrected chi connectivity index (χ0v) is 27.0. The number of hydrogen-bond acceptors (Lipinski definition) is 1. The van der Waals surface area contributed by atoms with E-state index in [1.807, 2.05) is 0 Å². The minimum atomic E-state index is -0.140. The Balaban J connectivity index is 2.39. The summed E-state index contributed by atoms with van der Waals surface area (Å²) in [5.41, 5.74) is 10.8. The van der Waals surface area contributed by atoms with Crippen molar-refractivity contribution >= 4 is 18.6 Å². The molecule has 0 saturated carbocycles. The second-order valence-electron chi connectivity index (χ2n) is 13.4. The van der Waals surface area contributed by atoms with Gasteiger partial charge in [-0.2, -0.15) is 0 Å². The SMILES string of the molecule is Cc1cccc(C)c1N=BN(/C(=C/C(c1n(C)c(C)c(C)[n+]1C)C(C)(C)C)C(C)(C)C)c1c(C)cccc1C. The molecule has 0 saturated heterocycles. The summed E-state index contributed by atoms with van der Waals surface area (Å²) in [7, 11) is 6.46. The predicted octanol–water partition coefficient (Wildman–Crippen LogP) is 8.40. The van der Waals surface area contributed by atoms with E-state index in [-0.39, 0.29) is 16.7 Å². The summed E-state index contributed by atoms with van der Waals surface area (Å²) >= 11 is 0. The van der Waals surface area contributed by atoms with Gasteiger partial charge in [0.15, 0.2) is 0 Å². The first kappa shape index (κ1) is 30.6. The number of rotatable bonds is 6. The van der Waals surface area contributed by atoms with Crippen LogP contribution in [0.25, 0.3) is 0 Å². The molecule has 1 unspecified atom stereocenters. The molecule has 0 aliphatic heterocycles. The van der Waals surface area contributed by atoms with Crippen molar-refractivity contribution in [2.75, 3.05) is 4.81 Å². The van der Waals surface area contributed by atoms with Gasteiger partial charge in [0.2, 0.25) is 0 Å². The summed E-state index contributed by atoms with van der Waals surface area (Å²) in [6.45, 7) is 27.1. The van der Waals surface area contributed by atoms with Gasteiger partial charge in [-0.15, -0.1) is 0 Å². The molecule has 0 spiro atoms. The molecule has 3 aromatic rings. The summed E-state index contributed by atoms with van der Waals surface area (Å²) in [5, 5.41) is 0. The quantitative estimate of drug-likeness (QED) is 0.234. The molecule has 39 heavy (non-hydrogen) atoms. The van der Waals surface area contributed by atoms with Crippen molar-refractivity contribution in [1.82, 2.24) is 4.57 Å². The first-order valence-electron chi connectivity index (χ1n) is 14.2. The average molecular weight is 526 g/mol. The molecule has 1 atom stereocenters. The molecule has 4 nitrogen and oxygen atoms in total. The van der Waals surface area contributed by atoms with E-state index >= 15 is 0 Å². The Morgan fingerprint density at radius 3 is 1.77 bits per heavy atom. The zero-order valence-electron chi connectivity index (χ0n) is 27.0. The van der Waals surface area contributed by atoms with Crippen molar-refractivity contribution in [1.29, 1.82) is 0 Å². The average Bonchev–Trinajstić information content (AvgIpc) is 2.99. The van der Waals surface area contributed by atoms with Crippen molar-refractivity contribution < 1.29 is 4.57 Å². The molecule has 2 aromatic carbocycles. The van der Waals surface area contributed by atoms with Crippen LogP contribution in [0, 0.1) is 52.4 Å². The Morgan fingerprint density at radius 1 is 0.872 bits per heavy atom. The molecule has 3 rings (SSSR count). The Hall–Kier alpha value is -2.95. The summed E-state index contributed by atoms with van der Waals surface area (Å²) < 4.78 is 4.74. The predicted molar refractivity (Wildman–Crippen MR) is 168 cm³/mol. The van der Waals surface area contributed by atoms with Gasteiger partial charge < -0.3 is 0 Å². The third kappa shape index (κ3) is 6.29. The first-order chi connectivity index (χ1) is 18.0. The third-order valence-electron chi connectivity index (χ3n) is 8.20. The molecule has 1 aromatic heterocycles. The van der Waals surface area contributed by atoms with Gasteiger partial charge in [0.1, 0.15) is 0 Å². The Kier molecular flexibility index (Phi) is 8.84. The van der Waals surface area contributed by atoms with Crippen LogP contribution in [0.4, 0.5) is 11.4 Å². The molecule has 208 valence electrons. The van der Waals surface area contributed by atoms with Crippen molar-refractivity contribution in [2.45, 2.75) is 89.0 Å². The molecular formula is C34H50BN4+. The monoisotopic (exact) mass is 525 g/mol. The number of para-hydroxylation sites is 1. The van der Waals surface area contributed by atoms with Gasteiger partial charge >= 0.3 is 239 Å². The second kappa shape index (κ2) is 11.3. The third-order valence-corrected chi connectivity index (χ3v) is 8.20. The van der Waals surface area contributed by atoms with E-state index in [2.05, 4.69) is 161 Å². The number of hydrogen-bond donors (Lipinski definition) is 0. The topological polar surface area (TPSA) is 24.4 Å². The van der Waals surface area contributed by atoms with Crippen LogP contribution in [0.15, 0.2) is 53.1 Å². The summed E-state index contributed by atoms with van der Waals surface area (Å²) in [6, 6.07) is 12.9. The van der Waals surface area contributed by atoms with Crippen molar-refractivity contribution in [3.8, 4) is 0 Å². The number of allylic oxidation sites excluding steroid dienone is 2. The van der Waals surface area contributed by atoms with E-state index in [4.69, 9.17) is 4.90 Å². The Morgan fingerprint density at radius 2 is 1.36 bits per heavy atom. The molecule has 5 heteroatoms. The van der Waals surface area contributed by atoms with E-state index in [0.717, 1.165) is 5.69 Å². The van der Waals surface area contributed by atoms with Crippen LogP contribution in [0.5, 0.6) is 0 Å². The van der Waals surface area contributed by atoms with Gasteiger partial charge in [-0.1, -0.05) is 0 Å². The van der Waals surface area contributed by atoms with Crippen molar-refractivity contribution in [3.63, 3.8) is 0 Å². The van der Waals surface area contributed by atoms with Crippen LogP contribution in [0.2, 0.25) is 0 Å². The van der Waals surface area contributed by atoms with E-state index in [1.165, 1.54) is 50.9 Å². The number of imidazole rings is 1. The van der Waals surface area contributed by atoms with Gasteiger partial charge in [0, 0.05) is 0 Å². The van der Waals surface area contributed by atoms with Gasteiger partial charge in [0.25, 0.3) is 0 Å². The number of aromatic nitrogens is 2. The standard InChI is InChI=1S/C34H50BN4/c1-22-17-15-18-23(2)30(22)36-35-39(31-24(3)19-16-20-25(31)4)29(34(10,11)12)21-28(33(7,8)9)32-37(13)26(5)27(6)38(32)14/h15-21,28H,1-14H3/q+1/b29-21+. The zero-order chi connectivity index (χ0) is 29.4. The normalized spacial score (nSPS) is 13.6. The first-order valence-corrected chi connectivity index (χ1v) is 14.2. The molecular weight excluding hydrogens is 475 g/mol. The van der Waals surface area contributed by atoms with Crippen LogP contribution in [-0.4, -0.2) is 11.8 Å². The van der Waals surface area contributed by atoms with Gasteiger partial charge in [0.05, 0.1) is 0 Å². The van der Waals surface area contributed by atoms with Crippen LogP contribution in [0.3, 0.4) is 0 Å². The fraction of sp³-hybridized carbons (Fsp3) is 0.500. The summed E-state index contributed by atoms with van der Waals surface area (Å²) in [4.78, 5) is 7.50. The maximum atomic E-state index is 5.14. The van der Waals surface area contributed by atoms with E-state index in [9.17, 15) is 0 Å². The number of nitrogens with zero attached hydrogens (tertiary/aromatic N) is 4. The van der Waals surface area contributed by atoms with Gasteiger partial charge in [-0.25, -0.2) is 0 Å². The molecule has 0 aliphatic rings. The van der Waals surface area contributed by atoms with Gasteiger partial charge in [-0.3, -0.25) is 0 Å². The van der Waals surface area contributed by atoms with Gasteiger partial charge in [-0.05, 0) is 0 Å². The van der Waals surface area contributed by atoms with Crippen LogP contribution >= 0.6 is 0 Å². The maximum absolute atomic E-state index is 5.14. The van der Waals surface area contributed by atoms with E-state index in [0.29, 0.717) is 0 Å². The van der Waals surface area contributed by atoms with Crippen LogP contribution in [-0.2, 0) is 14.1 Å². The number of anilines is 1.